The van der Waals surface area contributed by atoms with E-state index in [2.05, 4.69) is 11.9 Å². The Bertz CT molecular complexity index is 563. The van der Waals surface area contributed by atoms with Gasteiger partial charge in [0.2, 0.25) is 0 Å². The molecule has 0 saturated heterocycles. The molecular weight excluding hydrogens is 253 g/mol. The van der Waals surface area contributed by atoms with Crippen molar-refractivity contribution in [2.45, 2.75) is 45.6 Å². The molecule has 3 nitrogen and oxygen atoms in total. The lowest BCUT2D eigenvalue weighted by molar-refractivity contribution is 0.612. The van der Waals surface area contributed by atoms with Crippen LogP contribution in [0.1, 0.15) is 38.1 Å². The molecule has 2 N–H and O–H groups in total. The first kappa shape index (κ1) is 14.7. The van der Waals surface area contributed by atoms with Crippen molar-refractivity contribution in [3.63, 3.8) is 0 Å². The van der Waals surface area contributed by atoms with Crippen LogP contribution >= 0.6 is 0 Å². The summed E-state index contributed by atoms with van der Waals surface area (Å²) in [5.41, 5.74) is 7.95. The molecule has 0 radical (unpaired) electrons. The second kappa shape index (κ2) is 6.66. The first-order chi connectivity index (χ1) is 9.65. The molecule has 0 saturated carbocycles. The van der Waals surface area contributed by atoms with Crippen LogP contribution in [0.4, 0.5) is 4.39 Å². The van der Waals surface area contributed by atoms with E-state index in [1.807, 2.05) is 23.8 Å². The zero-order chi connectivity index (χ0) is 14.5. The highest BCUT2D eigenvalue weighted by Gasteiger charge is 2.12. The average Bonchev–Trinajstić information content (AvgIpc) is 2.87. The van der Waals surface area contributed by atoms with Gasteiger partial charge in [-0.1, -0.05) is 13.8 Å². The van der Waals surface area contributed by atoms with Crippen LogP contribution in [-0.4, -0.2) is 15.6 Å². The normalized spacial score (nSPS) is 12.6. The van der Waals surface area contributed by atoms with Gasteiger partial charge < -0.3 is 10.3 Å². The van der Waals surface area contributed by atoms with Gasteiger partial charge in [-0.05, 0) is 43.0 Å². The Kier molecular flexibility index (Phi) is 4.90. The minimum absolute atomic E-state index is 0.0497. The maximum Gasteiger partial charge on any atom is 0.123 e. The van der Waals surface area contributed by atoms with E-state index in [0.717, 1.165) is 36.3 Å². The average molecular weight is 275 g/mol. The Hall–Kier alpha value is -1.68. The molecule has 1 unspecified atom stereocenters. The summed E-state index contributed by atoms with van der Waals surface area (Å²) in [6, 6.07) is 4.94. The number of halogens is 1. The SMILES string of the molecule is CCCc1nccn1-c1ccc(F)cc1CC(N)CC. The van der Waals surface area contributed by atoms with E-state index in [-0.39, 0.29) is 11.9 Å². The molecule has 0 amide bonds. The van der Waals surface area contributed by atoms with Crippen LogP contribution < -0.4 is 5.73 Å². The predicted octanol–water partition coefficient (Wildman–Crippen LogP) is 3.24. The third kappa shape index (κ3) is 3.25. The maximum absolute atomic E-state index is 13.5. The smallest absolute Gasteiger partial charge is 0.123 e. The number of hydrogen-bond donors (Lipinski definition) is 1. The van der Waals surface area contributed by atoms with E-state index >= 15 is 0 Å². The fraction of sp³-hybridized carbons (Fsp3) is 0.438. The monoisotopic (exact) mass is 275 g/mol. The highest BCUT2D eigenvalue weighted by atomic mass is 19.1. The second-order valence-electron chi connectivity index (χ2n) is 5.11. The summed E-state index contributed by atoms with van der Waals surface area (Å²) in [6.45, 7) is 4.17. The van der Waals surface area contributed by atoms with Gasteiger partial charge in [-0.15, -0.1) is 0 Å². The van der Waals surface area contributed by atoms with Gasteiger partial charge >= 0.3 is 0 Å². The molecule has 1 heterocycles. The van der Waals surface area contributed by atoms with Crippen LogP contribution in [0.25, 0.3) is 5.69 Å². The third-order valence-corrected chi connectivity index (χ3v) is 3.50. The molecule has 0 aliphatic rings. The van der Waals surface area contributed by atoms with Crippen LogP contribution in [0.5, 0.6) is 0 Å². The van der Waals surface area contributed by atoms with E-state index in [1.165, 1.54) is 6.07 Å². The van der Waals surface area contributed by atoms with Crippen molar-refractivity contribution in [1.82, 2.24) is 9.55 Å². The van der Waals surface area contributed by atoms with E-state index in [1.54, 1.807) is 12.3 Å². The van der Waals surface area contributed by atoms with Gasteiger partial charge in [0.15, 0.2) is 0 Å². The number of nitrogens with zero attached hydrogens (tertiary/aromatic N) is 2. The second-order valence-corrected chi connectivity index (χ2v) is 5.11. The summed E-state index contributed by atoms with van der Waals surface area (Å²) < 4.78 is 15.6. The molecule has 108 valence electrons. The topological polar surface area (TPSA) is 43.8 Å². The summed E-state index contributed by atoms with van der Waals surface area (Å²) in [5.74, 6) is 0.787. The third-order valence-electron chi connectivity index (χ3n) is 3.50. The number of aromatic nitrogens is 2. The molecule has 0 bridgehead atoms. The zero-order valence-electron chi connectivity index (χ0n) is 12.1. The highest BCUT2D eigenvalue weighted by molar-refractivity contribution is 5.43. The largest absolute Gasteiger partial charge is 0.327 e. The number of imidazole rings is 1. The van der Waals surface area contributed by atoms with E-state index in [9.17, 15) is 4.39 Å². The quantitative estimate of drug-likeness (QED) is 0.879. The summed E-state index contributed by atoms with van der Waals surface area (Å²) >= 11 is 0. The van der Waals surface area contributed by atoms with Gasteiger partial charge in [0.25, 0.3) is 0 Å². The minimum Gasteiger partial charge on any atom is -0.327 e. The van der Waals surface area contributed by atoms with Crippen molar-refractivity contribution in [1.29, 1.82) is 0 Å². The van der Waals surface area contributed by atoms with Crippen molar-refractivity contribution in [2.75, 3.05) is 0 Å². The number of nitrogens with two attached hydrogens (primary N) is 1. The minimum atomic E-state index is -0.218. The molecule has 1 aromatic heterocycles. The Labute approximate surface area is 119 Å². The lowest BCUT2D eigenvalue weighted by atomic mass is 10.0. The molecule has 4 heteroatoms. The molecule has 2 rings (SSSR count). The lowest BCUT2D eigenvalue weighted by Gasteiger charge is -2.16. The van der Waals surface area contributed by atoms with Crippen LogP contribution in [0, 0.1) is 5.82 Å². The van der Waals surface area contributed by atoms with Gasteiger partial charge in [-0.3, -0.25) is 0 Å². The Morgan fingerprint density at radius 2 is 2.15 bits per heavy atom. The predicted molar refractivity (Wildman–Crippen MR) is 79.5 cm³/mol. The highest BCUT2D eigenvalue weighted by Crippen LogP contribution is 2.20. The summed E-state index contributed by atoms with van der Waals surface area (Å²) in [7, 11) is 0. The number of aryl methyl sites for hydroxylation is 1. The molecule has 2 aromatic rings. The molecule has 0 aliphatic heterocycles. The van der Waals surface area contributed by atoms with Crippen LogP contribution in [0.2, 0.25) is 0 Å². The van der Waals surface area contributed by atoms with E-state index in [4.69, 9.17) is 5.73 Å². The molecule has 0 fully saturated rings. The summed E-state index contributed by atoms with van der Waals surface area (Å²) in [6.07, 6.45) is 7.21. The number of benzene rings is 1. The van der Waals surface area contributed by atoms with Crippen LogP contribution in [-0.2, 0) is 12.8 Å². The van der Waals surface area contributed by atoms with Crippen molar-refractivity contribution in [2.24, 2.45) is 5.73 Å². The molecule has 20 heavy (non-hydrogen) atoms. The maximum atomic E-state index is 13.5. The molecule has 1 aromatic carbocycles. The van der Waals surface area contributed by atoms with Crippen molar-refractivity contribution >= 4 is 0 Å². The first-order valence-corrected chi connectivity index (χ1v) is 7.22. The number of rotatable bonds is 6. The molecule has 0 spiro atoms. The first-order valence-electron chi connectivity index (χ1n) is 7.22. The van der Waals surface area contributed by atoms with Gasteiger partial charge in [-0.25, -0.2) is 9.37 Å². The summed E-state index contributed by atoms with van der Waals surface area (Å²) in [5, 5.41) is 0. The van der Waals surface area contributed by atoms with Gasteiger partial charge in [0.05, 0.1) is 5.69 Å². The lowest BCUT2D eigenvalue weighted by Crippen LogP contribution is -2.22. The fourth-order valence-corrected chi connectivity index (χ4v) is 2.34. The Morgan fingerprint density at radius 1 is 1.35 bits per heavy atom. The van der Waals surface area contributed by atoms with Crippen molar-refractivity contribution < 1.29 is 4.39 Å². The van der Waals surface area contributed by atoms with Crippen molar-refractivity contribution in [3.05, 3.63) is 47.8 Å². The van der Waals surface area contributed by atoms with Gasteiger partial charge in [-0.2, -0.15) is 0 Å². The van der Waals surface area contributed by atoms with Crippen molar-refractivity contribution in [3.8, 4) is 5.69 Å². The zero-order valence-corrected chi connectivity index (χ0v) is 12.1. The van der Waals surface area contributed by atoms with Crippen LogP contribution in [0.3, 0.4) is 0 Å². The molecule has 1 atom stereocenters. The van der Waals surface area contributed by atoms with Gasteiger partial charge in [0.1, 0.15) is 11.6 Å². The van der Waals surface area contributed by atoms with E-state index < -0.39 is 0 Å². The standard InChI is InChI=1S/C16H22FN3/c1-3-5-16-19-8-9-20(16)15-7-6-13(17)10-12(15)11-14(18)4-2/h6-10,14H,3-5,11,18H2,1-2H3. The van der Waals surface area contributed by atoms with Gasteiger partial charge in [0, 0.05) is 24.9 Å². The fourth-order valence-electron chi connectivity index (χ4n) is 2.34. The molecular formula is C16H22FN3. The van der Waals surface area contributed by atoms with Crippen LogP contribution in [0.15, 0.2) is 30.6 Å². The van der Waals surface area contributed by atoms with E-state index in [0.29, 0.717) is 6.42 Å². The Balaban J connectivity index is 2.42. The summed E-state index contributed by atoms with van der Waals surface area (Å²) in [4.78, 5) is 4.38. The molecule has 0 aliphatic carbocycles. The number of hydrogen-bond acceptors (Lipinski definition) is 2. The Morgan fingerprint density at radius 3 is 2.85 bits per heavy atom.